The van der Waals surface area contributed by atoms with Gasteiger partial charge >= 0.3 is 0 Å². The molecule has 1 aromatic rings. The minimum absolute atomic E-state index is 0. The molecule has 0 bridgehead atoms. The van der Waals surface area contributed by atoms with Crippen LogP contribution in [-0.2, 0) is 10.0 Å². The number of nitrogens with two attached hydrogens (primary N) is 1. The van der Waals surface area contributed by atoms with Crippen molar-refractivity contribution in [2.45, 2.75) is 24.3 Å². The Bertz CT molecular complexity index is 575. The first-order chi connectivity index (χ1) is 8.84. The fourth-order valence-corrected chi connectivity index (χ4v) is 3.09. The van der Waals surface area contributed by atoms with Crippen LogP contribution in [-0.4, -0.2) is 33.7 Å². The zero-order chi connectivity index (χ0) is 14.1. The van der Waals surface area contributed by atoms with Crippen molar-refractivity contribution in [2.24, 2.45) is 5.73 Å². The van der Waals surface area contributed by atoms with Gasteiger partial charge in [0, 0.05) is 18.2 Å². The van der Waals surface area contributed by atoms with Crippen LogP contribution in [0.25, 0.3) is 0 Å². The van der Waals surface area contributed by atoms with Crippen LogP contribution in [0.4, 0.5) is 0 Å². The highest BCUT2D eigenvalue weighted by atomic mass is 35.5. The molecule has 1 aromatic carbocycles. The number of benzene rings is 1. The number of hydrogen-bond acceptors (Lipinski definition) is 5. The molecule has 0 spiro atoms. The lowest BCUT2D eigenvalue weighted by molar-refractivity contribution is 0.171. The first-order valence-corrected chi connectivity index (χ1v) is 7.46. The molecule has 3 N–H and O–H groups in total. The van der Waals surface area contributed by atoms with Crippen molar-refractivity contribution in [1.82, 2.24) is 4.72 Å². The maximum atomic E-state index is 12.2. The van der Waals surface area contributed by atoms with Gasteiger partial charge in [-0.2, -0.15) is 0 Å². The number of hydrogen-bond donors (Lipinski definition) is 2. The lowest BCUT2D eigenvalue weighted by atomic mass is 10.1. The van der Waals surface area contributed by atoms with Gasteiger partial charge in [-0.05, 0) is 26.0 Å². The maximum absolute atomic E-state index is 12.2. The number of sulfonamides is 1. The van der Waals surface area contributed by atoms with E-state index in [4.69, 9.17) is 15.2 Å². The first-order valence-electron chi connectivity index (χ1n) is 5.98. The second-order valence-electron chi connectivity index (χ2n) is 5.00. The average molecular weight is 323 g/mol. The van der Waals surface area contributed by atoms with Crippen molar-refractivity contribution < 1.29 is 17.9 Å². The molecule has 2 rings (SSSR count). The molecule has 0 radical (unpaired) electrons. The minimum atomic E-state index is -3.63. The van der Waals surface area contributed by atoms with E-state index in [1.165, 1.54) is 12.1 Å². The van der Waals surface area contributed by atoms with Crippen LogP contribution in [0.3, 0.4) is 0 Å². The van der Waals surface area contributed by atoms with E-state index in [9.17, 15) is 8.42 Å². The Balaban J connectivity index is 0.00000200. The third-order valence-corrected chi connectivity index (χ3v) is 4.44. The summed E-state index contributed by atoms with van der Waals surface area (Å²) in [7, 11) is -3.63. The number of halogens is 1. The predicted molar refractivity (Wildman–Crippen MR) is 78.1 cm³/mol. The van der Waals surface area contributed by atoms with Crippen LogP contribution >= 0.6 is 12.4 Å². The fourth-order valence-electron chi connectivity index (χ4n) is 1.66. The second kappa shape index (κ2) is 6.17. The monoisotopic (exact) mass is 322 g/mol. The van der Waals surface area contributed by atoms with Gasteiger partial charge in [-0.25, -0.2) is 13.1 Å². The van der Waals surface area contributed by atoms with Crippen LogP contribution in [0, 0.1) is 0 Å². The lowest BCUT2D eigenvalue weighted by Gasteiger charge is -2.24. The van der Waals surface area contributed by atoms with Gasteiger partial charge in [0.2, 0.25) is 10.0 Å². The van der Waals surface area contributed by atoms with E-state index < -0.39 is 15.6 Å². The molecule has 114 valence electrons. The van der Waals surface area contributed by atoms with Crippen LogP contribution in [0.2, 0.25) is 0 Å². The Morgan fingerprint density at radius 3 is 2.45 bits per heavy atom. The summed E-state index contributed by atoms with van der Waals surface area (Å²) < 4.78 is 37.7. The van der Waals surface area contributed by atoms with Crippen LogP contribution in [0.15, 0.2) is 23.1 Å². The van der Waals surface area contributed by atoms with E-state index in [0.717, 1.165) is 0 Å². The summed E-state index contributed by atoms with van der Waals surface area (Å²) in [5.74, 6) is 1.00. The molecule has 0 amide bonds. The van der Waals surface area contributed by atoms with Crippen molar-refractivity contribution in [1.29, 1.82) is 0 Å². The second-order valence-corrected chi connectivity index (χ2v) is 6.68. The van der Waals surface area contributed by atoms with Crippen molar-refractivity contribution in [3.8, 4) is 11.5 Å². The molecule has 0 saturated heterocycles. The van der Waals surface area contributed by atoms with E-state index in [2.05, 4.69) is 4.72 Å². The van der Waals surface area contributed by atoms with E-state index in [-0.39, 0.29) is 23.8 Å². The molecule has 8 heteroatoms. The van der Waals surface area contributed by atoms with Crippen molar-refractivity contribution in [2.75, 3.05) is 19.8 Å². The van der Waals surface area contributed by atoms with Gasteiger partial charge in [-0.1, -0.05) is 0 Å². The van der Waals surface area contributed by atoms with E-state index in [1.807, 2.05) is 0 Å². The molecule has 0 unspecified atom stereocenters. The Labute approximate surface area is 125 Å². The molecule has 0 saturated carbocycles. The van der Waals surface area contributed by atoms with Gasteiger partial charge in [-0.3, -0.25) is 0 Å². The summed E-state index contributed by atoms with van der Waals surface area (Å²) >= 11 is 0. The predicted octanol–water partition coefficient (Wildman–Crippen LogP) is 0.895. The summed E-state index contributed by atoms with van der Waals surface area (Å²) in [5.41, 5.74) is 4.83. The molecule has 6 nitrogen and oxygen atoms in total. The average Bonchev–Trinajstić information content (AvgIpc) is 2.37. The summed E-state index contributed by atoms with van der Waals surface area (Å²) in [5, 5.41) is 0. The normalized spacial score (nSPS) is 14.6. The number of rotatable bonds is 4. The number of nitrogens with one attached hydrogen (secondary N) is 1. The van der Waals surface area contributed by atoms with Gasteiger partial charge in [0.1, 0.15) is 13.2 Å². The van der Waals surface area contributed by atoms with Gasteiger partial charge in [0.05, 0.1) is 4.90 Å². The maximum Gasteiger partial charge on any atom is 0.241 e. The van der Waals surface area contributed by atoms with E-state index in [0.29, 0.717) is 24.7 Å². The molecule has 0 fully saturated rings. The third kappa shape index (κ3) is 3.76. The van der Waals surface area contributed by atoms with Gasteiger partial charge in [-0.15, -0.1) is 12.4 Å². The van der Waals surface area contributed by atoms with Crippen LogP contribution in [0.5, 0.6) is 11.5 Å². The van der Waals surface area contributed by atoms with Gasteiger partial charge < -0.3 is 15.2 Å². The minimum Gasteiger partial charge on any atom is -0.486 e. The highest BCUT2D eigenvalue weighted by Crippen LogP contribution is 2.32. The van der Waals surface area contributed by atoms with Crippen LogP contribution < -0.4 is 19.9 Å². The third-order valence-electron chi connectivity index (χ3n) is 2.74. The molecule has 1 aliphatic rings. The summed E-state index contributed by atoms with van der Waals surface area (Å²) in [6, 6.07) is 4.55. The standard InChI is InChI=1S/C12H18N2O4S.ClH/c1-12(2,8-13)14-19(15,16)9-3-4-10-11(7-9)18-6-5-17-10;/h3-4,7,14H,5-6,8,13H2,1-2H3;1H. The van der Waals surface area contributed by atoms with E-state index >= 15 is 0 Å². The molecule has 20 heavy (non-hydrogen) atoms. The van der Waals surface area contributed by atoms with Gasteiger partial charge in [0.25, 0.3) is 0 Å². The highest BCUT2D eigenvalue weighted by Gasteiger charge is 2.26. The number of fused-ring (bicyclic) bond motifs is 1. The molecule has 1 heterocycles. The molecule has 0 atom stereocenters. The zero-order valence-electron chi connectivity index (χ0n) is 11.4. The SMILES string of the molecule is CC(C)(CN)NS(=O)(=O)c1ccc2c(c1)OCCO2.Cl. The summed E-state index contributed by atoms with van der Waals surface area (Å²) in [4.78, 5) is 0.137. The first kappa shape index (κ1) is 17.0. The fraction of sp³-hybridized carbons (Fsp3) is 0.500. The van der Waals surface area contributed by atoms with Crippen molar-refractivity contribution in [3.63, 3.8) is 0 Å². The highest BCUT2D eigenvalue weighted by molar-refractivity contribution is 7.89. The molecule has 0 aliphatic carbocycles. The molecular weight excluding hydrogens is 304 g/mol. The Kier molecular flexibility index (Phi) is 5.26. The van der Waals surface area contributed by atoms with Crippen molar-refractivity contribution in [3.05, 3.63) is 18.2 Å². The summed E-state index contributed by atoms with van der Waals surface area (Å²) in [6.07, 6.45) is 0. The molecular formula is C12H19ClN2O4S. The zero-order valence-corrected chi connectivity index (χ0v) is 13.0. The quantitative estimate of drug-likeness (QED) is 0.859. The Morgan fingerprint density at radius 1 is 1.25 bits per heavy atom. The summed E-state index contributed by atoms with van der Waals surface area (Å²) in [6.45, 7) is 4.54. The van der Waals surface area contributed by atoms with Crippen LogP contribution in [0.1, 0.15) is 13.8 Å². The smallest absolute Gasteiger partial charge is 0.241 e. The number of ether oxygens (including phenoxy) is 2. The Hall–Kier alpha value is -1.02. The lowest BCUT2D eigenvalue weighted by Crippen LogP contribution is -2.48. The van der Waals surface area contributed by atoms with E-state index in [1.54, 1.807) is 19.9 Å². The molecule has 0 aromatic heterocycles. The Morgan fingerprint density at radius 2 is 1.85 bits per heavy atom. The van der Waals surface area contributed by atoms with Crippen molar-refractivity contribution >= 4 is 22.4 Å². The largest absolute Gasteiger partial charge is 0.486 e. The molecule has 1 aliphatic heterocycles. The van der Waals surface area contributed by atoms with Gasteiger partial charge in [0.15, 0.2) is 11.5 Å². The topological polar surface area (TPSA) is 90.7 Å².